The monoisotopic (exact) mass is 491 g/mol. The molecule has 0 radical (unpaired) electrons. The number of halogens is 3. The van der Waals surface area contributed by atoms with Crippen LogP contribution in [0.1, 0.15) is 41.7 Å². The van der Waals surface area contributed by atoms with E-state index in [0.29, 0.717) is 30.8 Å². The first kappa shape index (κ1) is 25.3. The van der Waals surface area contributed by atoms with Crippen LogP contribution in [0, 0.1) is 5.92 Å². The number of likely N-dealkylation sites (N-methyl/N-ethyl adjacent to an activating group) is 2. The molecular formula is C26H32F3N3O3. The fraction of sp³-hybridized carbons (Fsp3) is 0.500. The van der Waals surface area contributed by atoms with E-state index in [1.54, 1.807) is 7.05 Å². The number of anilines is 1. The van der Waals surface area contributed by atoms with Crippen LogP contribution in [0.15, 0.2) is 48.5 Å². The van der Waals surface area contributed by atoms with Gasteiger partial charge >= 0.3 is 12.3 Å². The summed E-state index contributed by atoms with van der Waals surface area (Å²) < 4.78 is 52.2. The average molecular weight is 492 g/mol. The van der Waals surface area contributed by atoms with Gasteiger partial charge in [0.15, 0.2) is 0 Å². The number of hydrogen-bond donors (Lipinski definition) is 1. The molecule has 0 aliphatic carbocycles. The van der Waals surface area contributed by atoms with Gasteiger partial charge in [-0.3, -0.25) is 0 Å². The van der Waals surface area contributed by atoms with E-state index in [4.69, 9.17) is 9.47 Å². The maximum Gasteiger partial charge on any atom is 0.416 e. The van der Waals surface area contributed by atoms with Crippen LogP contribution >= 0.6 is 0 Å². The van der Waals surface area contributed by atoms with Gasteiger partial charge in [0, 0.05) is 37.3 Å². The Hall–Kier alpha value is -2.78. The van der Waals surface area contributed by atoms with Crippen molar-refractivity contribution in [2.75, 3.05) is 46.2 Å². The van der Waals surface area contributed by atoms with Crippen LogP contribution in [0.5, 0.6) is 0 Å². The zero-order valence-corrected chi connectivity index (χ0v) is 20.2. The predicted molar refractivity (Wildman–Crippen MR) is 127 cm³/mol. The van der Waals surface area contributed by atoms with Crippen molar-refractivity contribution in [2.45, 2.75) is 37.3 Å². The zero-order valence-electron chi connectivity index (χ0n) is 20.2. The maximum absolute atomic E-state index is 13.5. The minimum atomic E-state index is -4.44. The molecule has 4 rings (SSSR count). The predicted octanol–water partition coefficient (Wildman–Crippen LogP) is 5.34. The van der Waals surface area contributed by atoms with Gasteiger partial charge in [0.25, 0.3) is 0 Å². The van der Waals surface area contributed by atoms with Crippen LogP contribution in [-0.2, 0) is 15.7 Å². The number of rotatable bonds is 6. The number of benzene rings is 2. The molecule has 2 aromatic carbocycles. The normalized spacial score (nSPS) is 23.7. The van der Waals surface area contributed by atoms with E-state index in [-0.39, 0.29) is 24.7 Å². The first-order valence-corrected chi connectivity index (χ1v) is 11.8. The third-order valence-corrected chi connectivity index (χ3v) is 6.72. The van der Waals surface area contributed by atoms with Gasteiger partial charge in [-0.15, -0.1) is 0 Å². The second-order valence-corrected chi connectivity index (χ2v) is 9.55. The molecule has 6 nitrogen and oxygen atoms in total. The van der Waals surface area contributed by atoms with E-state index in [0.717, 1.165) is 18.1 Å². The summed E-state index contributed by atoms with van der Waals surface area (Å²) in [6.07, 6.45) is -4.44. The fourth-order valence-electron chi connectivity index (χ4n) is 4.76. The zero-order chi connectivity index (χ0) is 25.2. The number of hydrogen-bond acceptors (Lipinski definition) is 5. The summed E-state index contributed by atoms with van der Waals surface area (Å²) in [6, 6.07) is 13.5. The van der Waals surface area contributed by atoms with Crippen molar-refractivity contribution in [2.24, 2.45) is 5.92 Å². The van der Waals surface area contributed by atoms with Crippen LogP contribution in [0.25, 0.3) is 0 Å². The van der Waals surface area contributed by atoms with E-state index in [1.165, 1.54) is 17.0 Å². The standard InChI is InChI=1S/C26H32F3N3O3/c1-31(2)13-14-32(3)25(33)34-16-19-10-11-20-23(17-7-5-4-6-8-17)30-22-12-9-18(26(27,28)29)15-21(22)24(20)35-19/h4-9,12,15,19-20,23-24,30H,10-11,13-14,16H2,1-3H3/t19-,20+,23+,24+/m1/s1. The largest absolute Gasteiger partial charge is 0.447 e. The lowest BCUT2D eigenvalue weighted by Gasteiger charge is -2.45. The van der Waals surface area contributed by atoms with Crippen LogP contribution in [0.4, 0.5) is 23.7 Å². The highest BCUT2D eigenvalue weighted by molar-refractivity contribution is 5.67. The third-order valence-electron chi connectivity index (χ3n) is 6.72. The molecule has 1 fully saturated rings. The van der Waals surface area contributed by atoms with Crippen LogP contribution in [-0.4, -0.2) is 62.8 Å². The van der Waals surface area contributed by atoms with Gasteiger partial charge in [-0.05, 0) is 50.7 Å². The lowest BCUT2D eigenvalue weighted by atomic mass is 9.76. The highest BCUT2D eigenvalue weighted by atomic mass is 19.4. The molecule has 1 N–H and O–H groups in total. The van der Waals surface area contributed by atoms with Gasteiger partial charge in [-0.2, -0.15) is 13.2 Å². The molecule has 4 atom stereocenters. The number of fused-ring (bicyclic) bond motifs is 3. The van der Waals surface area contributed by atoms with Crippen molar-refractivity contribution in [3.05, 3.63) is 65.2 Å². The van der Waals surface area contributed by atoms with Crippen LogP contribution in [0.3, 0.4) is 0 Å². The minimum absolute atomic E-state index is 0.0527. The summed E-state index contributed by atoms with van der Waals surface area (Å²) in [5.41, 5.74) is 1.49. The molecule has 0 unspecified atom stereocenters. The second-order valence-electron chi connectivity index (χ2n) is 9.55. The Morgan fingerprint density at radius 3 is 2.51 bits per heavy atom. The van der Waals surface area contributed by atoms with E-state index in [1.807, 2.05) is 49.3 Å². The number of carbonyl (C=O) groups excluding carboxylic acids is 1. The van der Waals surface area contributed by atoms with E-state index < -0.39 is 23.9 Å². The van der Waals surface area contributed by atoms with E-state index in [9.17, 15) is 18.0 Å². The molecule has 35 heavy (non-hydrogen) atoms. The third kappa shape index (κ3) is 5.90. The molecule has 190 valence electrons. The lowest BCUT2D eigenvalue weighted by molar-refractivity contribution is -0.138. The Kier molecular flexibility index (Phi) is 7.56. The lowest BCUT2D eigenvalue weighted by Crippen LogP contribution is -2.41. The highest BCUT2D eigenvalue weighted by Crippen LogP contribution is 2.51. The van der Waals surface area contributed by atoms with Crippen LogP contribution < -0.4 is 5.32 Å². The Morgan fingerprint density at radius 1 is 1.09 bits per heavy atom. The quantitative estimate of drug-likeness (QED) is 0.591. The van der Waals surface area contributed by atoms with Gasteiger partial charge < -0.3 is 24.6 Å². The molecule has 0 saturated carbocycles. The number of alkyl halides is 3. The molecule has 0 spiro atoms. The molecule has 1 saturated heterocycles. The molecule has 0 aromatic heterocycles. The maximum atomic E-state index is 13.5. The molecular weight excluding hydrogens is 459 g/mol. The van der Waals surface area contributed by atoms with Gasteiger partial charge in [0.2, 0.25) is 0 Å². The fourth-order valence-corrected chi connectivity index (χ4v) is 4.76. The average Bonchev–Trinajstić information content (AvgIpc) is 2.84. The smallest absolute Gasteiger partial charge is 0.416 e. The number of carbonyl (C=O) groups is 1. The topological polar surface area (TPSA) is 54.0 Å². The van der Waals surface area contributed by atoms with Crippen molar-refractivity contribution in [1.29, 1.82) is 0 Å². The Bertz CT molecular complexity index is 1020. The summed E-state index contributed by atoms with van der Waals surface area (Å²) in [4.78, 5) is 15.8. The summed E-state index contributed by atoms with van der Waals surface area (Å²) in [5.74, 6) is -0.0527. The Morgan fingerprint density at radius 2 is 1.83 bits per heavy atom. The SMILES string of the molecule is CN(C)CCN(C)C(=O)OC[C@H]1CC[C@@H]2[C@H](O1)c1cc(C(F)(F)F)ccc1N[C@H]2c1ccccc1. The Labute approximate surface area is 204 Å². The second kappa shape index (κ2) is 10.5. The van der Waals surface area contributed by atoms with Gasteiger partial charge in [-0.1, -0.05) is 30.3 Å². The minimum Gasteiger partial charge on any atom is -0.447 e. The first-order chi connectivity index (χ1) is 16.6. The number of amides is 1. The molecule has 2 heterocycles. The highest BCUT2D eigenvalue weighted by Gasteiger charge is 2.43. The summed E-state index contributed by atoms with van der Waals surface area (Å²) in [5, 5.41) is 3.45. The number of ether oxygens (including phenoxy) is 2. The molecule has 1 amide bonds. The number of nitrogens with one attached hydrogen (secondary N) is 1. The van der Waals surface area contributed by atoms with Crippen LogP contribution in [0.2, 0.25) is 0 Å². The number of nitrogens with zero attached hydrogens (tertiary/aromatic N) is 2. The van der Waals surface area contributed by atoms with Gasteiger partial charge in [0.05, 0.1) is 23.8 Å². The molecule has 2 aromatic rings. The first-order valence-electron chi connectivity index (χ1n) is 11.8. The molecule has 0 bridgehead atoms. The summed E-state index contributed by atoms with van der Waals surface area (Å²) in [6.45, 7) is 1.30. The molecule has 2 aliphatic heterocycles. The van der Waals surface area contributed by atoms with Gasteiger partial charge in [0.1, 0.15) is 6.61 Å². The molecule has 9 heteroatoms. The van der Waals surface area contributed by atoms with Crippen molar-refractivity contribution < 1.29 is 27.4 Å². The molecule has 2 aliphatic rings. The Balaban J connectivity index is 1.53. The van der Waals surface area contributed by atoms with Gasteiger partial charge in [-0.25, -0.2) is 4.79 Å². The van der Waals surface area contributed by atoms with Crippen molar-refractivity contribution in [3.8, 4) is 0 Å². The summed E-state index contributed by atoms with van der Waals surface area (Å²) in [7, 11) is 5.53. The summed E-state index contributed by atoms with van der Waals surface area (Å²) >= 11 is 0. The van der Waals surface area contributed by atoms with Crippen molar-refractivity contribution >= 4 is 11.8 Å². The van der Waals surface area contributed by atoms with E-state index >= 15 is 0 Å². The van der Waals surface area contributed by atoms with E-state index in [2.05, 4.69) is 5.32 Å². The van der Waals surface area contributed by atoms with Crippen molar-refractivity contribution in [3.63, 3.8) is 0 Å². The van der Waals surface area contributed by atoms with Crippen molar-refractivity contribution in [1.82, 2.24) is 9.80 Å².